The summed E-state index contributed by atoms with van der Waals surface area (Å²) in [5.74, 6) is -0.572. The number of anilines is 1. The van der Waals surface area contributed by atoms with E-state index in [-0.39, 0.29) is 40.8 Å². The van der Waals surface area contributed by atoms with Crippen LogP contribution in [0.2, 0.25) is 0 Å². The second-order valence-electron chi connectivity index (χ2n) is 7.49. The fraction of sp³-hybridized carbons (Fsp3) is 0.273. The van der Waals surface area contributed by atoms with Gasteiger partial charge in [-0.2, -0.15) is 0 Å². The number of aryl methyl sites for hydroxylation is 1. The fourth-order valence-electron chi connectivity index (χ4n) is 2.60. The van der Waals surface area contributed by atoms with Gasteiger partial charge >= 0.3 is 0 Å². The van der Waals surface area contributed by atoms with Crippen LogP contribution in [0.5, 0.6) is 5.88 Å². The molecule has 2 aromatic heterocycles. The maximum Gasteiger partial charge on any atom is 0.274 e. The number of sulfonamides is 1. The van der Waals surface area contributed by atoms with E-state index in [1.54, 1.807) is 43.7 Å². The first-order chi connectivity index (χ1) is 15.2. The minimum Gasteiger partial charge on any atom is -0.470 e. The molecule has 0 unspecified atom stereocenters. The van der Waals surface area contributed by atoms with Gasteiger partial charge in [0.15, 0.2) is 5.69 Å². The Morgan fingerprint density at radius 3 is 2.50 bits per heavy atom. The zero-order valence-corrected chi connectivity index (χ0v) is 19.1. The number of ether oxygens (including phenoxy) is 1. The highest BCUT2D eigenvalue weighted by atomic mass is 32.2. The summed E-state index contributed by atoms with van der Waals surface area (Å²) in [4.78, 5) is 26.7. The molecule has 168 valence electrons. The summed E-state index contributed by atoms with van der Waals surface area (Å²) in [5.41, 5.74) is 1.72. The monoisotopic (exact) mass is 455 g/mol. The number of amides is 1. The molecular formula is C22H25N5O4S. The molecule has 10 heteroatoms. The highest BCUT2D eigenvalue weighted by Gasteiger charge is 2.22. The van der Waals surface area contributed by atoms with E-state index in [2.05, 4.69) is 19.7 Å². The van der Waals surface area contributed by atoms with Crippen molar-refractivity contribution in [2.75, 3.05) is 11.8 Å². The van der Waals surface area contributed by atoms with Crippen molar-refractivity contribution in [3.8, 4) is 5.88 Å². The van der Waals surface area contributed by atoms with Crippen LogP contribution in [0.25, 0.3) is 0 Å². The normalized spacial score (nSPS) is 11.3. The van der Waals surface area contributed by atoms with E-state index in [1.165, 1.54) is 23.2 Å². The Labute approximate surface area is 187 Å². The number of carbonyl (C=O) groups is 1. The van der Waals surface area contributed by atoms with Crippen LogP contribution in [0, 0.1) is 6.92 Å². The molecule has 3 rings (SSSR count). The Balaban J connectivity index is 1.94. The largest absolute Gasteiger partial charge is 0.470 e. The number of benzene rings is 1. The molecule has 0 aliphatic carbocycles. The summed E-state index contributed by atoms with van der Waals surface area (Å²) < 4.78 is 33.8. The van der Waals surface area contributed by atoms with Gasteiger partial charge in [-0.25, -0.2) is 18.4 Å². The molecule has 0 aliphatic heterocycles. The summed E-state index contributed by atoms with van der Waals surface area (Å²) in [6.07, 6.45) is 4.47. The molecule has 0 atom stereocenters. The molecule has 2 heterocycles. The molecule has 0 aliphatic rings. The summed E-state index contributed by atoms with van der Waals surface area (Å²) in [6.45, 7) is 5.67. The third kappa shape index (κ3) is 5.58. The summed E-state index contributed by atoms with van der Waals surface area (Å²) in [6, 6.07) is 9.89. The Morgan fingerprint density at radius 1 is 1.16 bits per heavy atom. The van der Waals surface area contributed by atoms with Gasteiger partial charge in [0.1, 0.15) is 6.61 Å². The Bertz CT molecular complexity index is 1180. The van der Waals surface area contributed by atoms with Crippen molar-refractivity contribution in [3.63, 3.8) is 0 Å². The van der Waals surface area contributed by atoms with Crippen molar-refractivity contribution in [1.82, 2.24) is 19.9 Å². The molecule has 1 amide bonds. The molecular weight excluding hydrogens is 430 g/mol. The van der Waals surface area contributed by atoms with E-state index < -0.39 is 10.0 Å². The number of hydrogen-bond acceptors (Lipinski definition) is 7. The topological polar surface area (TPSA) is 114 Å². The Morgan fingerprint density at radius 2 is 1.88 bits per heavy atom. The second kappa shape index (κ2) is 9.73. The predicted molar refractivity (Wildman–Crippen MR) is 120 cm³/mol. The van der Waals surface area contributed by atoms with Gasteiger partial charge in [-0.15, -0.1) is 0 Å². The SMILES string of the molecule is Cc1ccc(S(=O)(=O)Nc2ncc(C(=O)N(C)C(C)C)nc2OCc2cccnc2)cc1. The molecule has 0 saturated carbocycles. The minimum atomic E-state index is -3.94. The lowest BCUT2D eigenvalue weighted by Crippen LogP contribution is -2.33. The molecule has 9 nitrogen and oxygen atoms in total. The van der Waals surface area contributed by atoms with Gasteiger partial charge in [0.05, 0.1) is 11.1 Å². The van der Waals surface area contributed by atoms with Gasteiger partial charge in [0.25, 0.3) is 21.8 Å². The van der Waals surface area contributed by atoms with Crippen LogP contribution in [0.3, 0.4) is 0 Å². The lowest BCUT2D eigenvalue weighted by atomic mass is 10.2. The molecule has 0 bridgehead atoms. The van der Waals surface area contributed by atoms with Crippen LogP contribution < -0.4 is 9.46 Å². The van der Waals surface area contributed by atoms with Crippen molar-refractivity contribution in [3.05, 3.63) is 71.8 Å². The summed E-state index contributed by atoms with van der Waals surface area (Å²) in [7, 11) is -2.29. The van der Waals surface area contributed by atoms with Gasteiger partial charge in [0.2, 0.25) is 5.82 Å². The van der Waals surface area contributed by atoms with Crippen molar-refractivity contribution >= 4 is 21.7 Å². The summed E-state index contributed by atoms with van der Waals surface area (Å²) >= 11 is 0. The van der Waals surface area contributed by atoms with Gasteiger partial charge in [-0.1, -0.05) is 23.8 Å². The maximum absolute atomic E-state index is 12.8. The predicted octanol–water partition coefficient (Wildman–Crippen LogP) is 3.04. The first kappa shape index (κ1) is 23.1. The van der Waals surface area contributed by atoms with Crippen LogP contribution in [0.15, 0.2) is 59.9 Å². The van der Waals surface area contributed by atoms with Gasteiger partial charge in [0, 0.05) is 31.0 Å². The van der Waals surface area contributed by atoms with E-state index in [0.29, 0.717) is 0 Å². The third-order valence-electron chi connectivity index (χ3n) is 4.72. The molecule has 1 aromatic carbocycles. The Hall–Kier alpha value is -3.53. The number of rotatable bonds is 8. The molecule has 3 aromatic rings. The quantitative estimate of drug-likeness (QED) is 0.555. The number of pyridine rings is 1. The fourth-order valence-corrected chi connectivity index (χ4v) is 3.61. The zero-order valence-electron chi connectivity index (χ0n) is 18.3. The maximum atomic E-state index is 12.8. The molecule has 32 heavy (non-hydrogen) atoms. The standard InChI is InChI=1S/C22H25N5O4S/c1-15(2)27(4)22(28)19-13-24-20(21(25-19)31-14-17-6-5-11-23-12-17)26-32(29,30)18-9-7-16(3)8-10-18/h5-13,15H,14H2,1-4H3,(H,24,26). The van der Waals surface area contributed by atoms with Gasteiger partial charge < -0.3 is 9.64 Å². The van der Waals surface area contributed by atoms with E-state index in [0.717, 1.165) is 11.1 Å². The molecule has 0 saturated heterocycles. The molecule has 1 N–H and O–H groups in total. The number of nitrogens with one attached hydrogen (secondary N) is 1. The van der Waals surface area contributed by atoms with Gasteiger partial charge in [-0.3, -0.25) is 14.5 Å². The van der Waals surface area contributed by atoms with Gasteiger partial charge in [-0.05, 0) is 39.0 Å². The summed E-state index contributed by atoms with van der Waals surface area (Å²) in [5, 5.41) is 0. The van der Waals surface area contributed by atoms with Crippen molar-refractivity contribution < 1.29 is 17.9 Å². The van der Waals surface area contributed by atoms with Crippen LogP contribution in [0.4, 0.5) is 5.82 Å². The van der Waals surface area contributed by atoms with Crippen LogP contribution in [0.1, 0.15) is 35.5 Å². The highest BCUT2D eigenvalue weighted by molar-refractivity contribution is 7.92. The van der Waals surface area contributed by atoms with Crippen LogP contribution in [-0.4, -0.2) is 47.3 Å². The smallest absolute Gasteiger partial charge is 0.274 e. The number of nitrogens with zero attached hydrogens (tertiary/aromatic N) is 4. The van der Waals surface area contributed by atoms with Crippen molar-refractivity contribution in [2.24, 2.45) is 0 Å². The molecule has 0 fully saturated rings. The van der Waals surface area contributed by atoms with E-state index in [4.69, 9.17) is 4.74 Å². The molecule has 0 radical (unpaired) electrons. The van der Waals surface area contributed by atoms with Crippen molar-refractivity contribution in [1.29, 1.82) is 0 Å². The minimum absolute atomic E-state index is 0.0423. The van der Waals surface area contributed by atoms with E-state index in [1.807, 2.05) is 20.8 Å². The highest BCUT2D eigenvalue weighted by Crippen LogP contribution is 2.24. The second-order valence-corrected chi connectivity index (χ2v) is 9.17. The number of carbonyl (C=O) groups excluding carboxylic acids is 1. The first-order valence-electron chi connectivity index (χ1n) is 9.93. The Kier molecular flexibility index (Phi) is 7.04. The third-order valence-corrected chi connectivity index (χ3v) is 6.07. The lowest BCUT2D eigenvalue weighted by molar-refractivity contribution is 0.0747. The van der Waals surface area contributed by atoms with Crippen LogP contribution >= 0.6 is 0 Å². The average Bonchev–Trinajstić information content (AvgIpc) is 2.78. The number of aromatic nitrogens is 3. The number of hydrogen-bond donors (Lipinski definition) is 1. The lowest BCUT2D eigenvalue weighted by Gasteiger charge is -2.21. The van der Waals surface area contributed by atoms with E-state index in [9.17, 15) is 13.2 Å². The van der Waals surface area contributed by atoms with Crippen LogP contribution in [-0.2, 0) is 16.6 Å². The van der Waals surface area contributed by atoms with Crippen molar-refractivity contribution in [2.45, 2.75) is 38.3 Å². The zero-order chi connectivity index (χ0) is 23.3. The first-order valence-corrected chi connectivity index (χ1v) is 11.4. The molecule has 0 spiro atoms. The van der Waals surface area contributed by atoms with E-state index >= 15 is 0 Å². The average molecular weight is 456 g/mol.